The fourth-order valence-electron chi connectivity index (χ4n) is 1.32. The first-order valence-corrected chi connectivity index (χ1v) is 5.50. The molecule has 0 aliphatic heterocycles. The average Bonchev–Trinajstić information content (AvgIpc) is 2.24. The Kier molecular flexibility index (Phi) is 4.86. The van der Waals surface area contributed by atoms with Crippen LogP contribution in [0.4, 0.5) is 0 Å². The first-order valence-electron chi connectivity index (χ1n) is 5.50. The van der Waals surface area contributed by atoms with Crippen LogP contribution < -0.4 is 11.3 Å². The van der Waals surface area contributed by atoms with Crippen molar-refractivity contribution >= 4 is 0 Å². The van der Waals surface area contributed by atoms with E-state index in [0.29, 0.717) is 6.61 Å². The van der Waals surface area contributed by atoms with Crippen molar-refractivity contribution < 1.29 is 4.74 Å². The summed E-state index contributed by atoms with van der Waals surface area (Å²) in [6, 6.07) is 4.10. The monoisotopic (exact) mass is 223 g/mol. The molecule has 90 valence electrons. The van der Waals surface area contributed by atoms with Gasteiger partial charge in [-0.05, 0) is 44.9 Å². The van der Waals surface area contributed by atoms with Crippen LogP contribution in [0.15, 0.2) is 24.5 Å². The van der Waals surface area contributed by atoms with Gasteiger partial charge in [-0.1, -0.05) is 0 Å². The largest absolute Gasteiger partial charge is 0.374 e. The first-order chi connectivity index (χ1) is 7.51. The Morgan fingerprint density at radius 3 is 2.50 bits per heavy atom. The smallest absolute Gasteiger partial charge is 0.0643 e. The Labute approximate surface area is 97.2 Å². The molecule has 0 radical (unpaired) electrons. The molecule has 4 heteroatoms. The van der Waals surface area contributed by atoms with Crippen LogP contribution in [0.1, 0.15) is 26.3 Å². The lowest BCUT2D eigenvalue weighted by Gasteiger charge is -2.24. The molecule has 1 atom stereocenters. The van der Waals surface area contributed by atoms with E-state index in [0.717, 1.165) is 6.42 Å². The molecule has 0 saturated heterocycles. The van der Waals surface area contributed by atoms with E-state index in [4.69, 9.17) is 10.6 Å². The van der Waals surface area contributed by atoms with Gasteiger partial charge in [0.15, 0.2) is 0 Å². The van der Waals surface area contributed by atoms with E-state index in [1.165, 1.54) is 5.56 Å². The lowest BCUT2D eigenvalue weighted by molar-refractivity contribution is -0.0143. The number of ether oxygens (including phenoxy) is 1. The van der Waals surface area contributed by atoms with Gasteiger partial charge in [-0.3, -0.25) is 16.3 Å². The summed E-state index contributed by atoms with van der Waals surface area (Å²) in [6.45, 7) is 6.70. The predicted molar refractivity (Wildman–Crippen MR) is 64.8 cm³/mol. The number of rotatable bonds is 5. The molecule has 0 aliphatic rings. The number of aromatic nitrogens is 1. The van der Waals surface area contributed by atoms with Crippen LogP contribution in [0, 0.1) is 0 Å². The summed E-state index contributed by atoms with van der Waals surface area (Å²) in [5.41, 5.74) is 3.85. The van der Waals surface area contributed by atoms with Gasteiger partial charge in [-0.25, -0.2) is 0 Å². The van der Waals surface area contributed by atoms with Crippen LogP contribution in [0.25, 0.3) is 0 Å². The highest BCUT2D eigenvalue weighted by Gasteiger charge is 2.14. The fourth-order valence-corrected chi connectivity index (χ4v) is 1.32. The molecule has 0 aliphatic carbocycles. The molecule has 3 N–H and O–H groups in total. The molecule has 4 nitrogen and oxygen atoms in total. The van der Waals surface area contributed by atoms with Crippen molar-refractivity contribution in [2.45, 2.75) is 38.8 Å². The number of pyridine rings is 1. The predicted octanol–water partition coefficient (Wildman–Crippen LogP) is 1.27. The van der Waals surface area contributed by atoms with Crippen molar-refractivity contribution in [3.8, 4) is 0 Å². The SMILES string of the molecule is CC(C)(C)OCC(Cc1ccncc1)NN. The van der Waals surface area contributed by atoms with E-state index in [-0.39, 0.29) is 11.6 Å². The lowest BCUT2D eigenvalue weighted by Crippen LogP contribution is -2.42. The van der Waals surface area contributed by atoms with E-state index in [2.05, 4.69) is 10.4 Å². The molecule has 1 aromatic rings. The number of nitrogens with one attached hydrogen (secondary N) is 1. The zero-order valence-electron chi connectivity index (χ0n) is 10.2. The zero-order valence-corrected chi connectivity index (χ0v) is 10.2. The van der Waals surface area contributed by atoms with Gasteiger partial charge in [0.1, 0.15) is 0 Å². The Hall–Kier alpha value is -0.970. The van der Waals surface area contributed by atoms with Crippen molar-refractivity contribution in [3.63, 3.8) is 0 Å². The number of hydrogen-bond acceptors (Lipinski definition) is 4. The molecule has 0 spiro atoms. The Morgan fingerprint density at radius 2 is 2.00 bits per heavy atom. The van der Waals surface area contributed by atoms with Crippen LogP contribution in [-0.2, 0) is 11.2 Å². The molecule has 0 saturated carbocycles. The van der Waals surface area contributed by atoms with Gasteiger partial charge < -0.3 is 4.74 Å². The maximum Gasteiger partial charge on any atom is 0.0643 e. The molecule has 1 unspecified atom stereocenters. The van der Waals surface area contributed by atoms with Gasteiger partial charge in [0, 0.05) is 18.4 Å². The topological polar surface area (TPSA) is 60.2 Å². The molecule has 1 aromatic heterocycles. The lowest BCUT2D eigenvalue weighted by atomic mass is 10.1. The van der Waals surface area contributed by atoms with Crippen LogP contribution in [0.5, 0.6) is 0 Å². The molecule has 0 amide bonds. The minimum Gasteiger partial charge on any atom is -0.374 e. The van der Waals surface area contributed by atoms with E-state index in [9.17, 15) is 0 Å². The van der Waals surface area contributed by atoms with E-state index in [1.807, 2.05) is 32.9 Å². The van der Waals surface area contributed by atoms with Crippen molar-refractivity contribution in [1.82, 2.24) is 10.4 Å². The highest BCUT2D eigenvalue weighted by atomic mass is 16.5. The summed E-state index contributed by atoms with van der Waals surface area (Å²) < 4.78 is 5.70. The summed E-state index contributed by atoms with van der Waals surface area (Å²) in [5.74, 6) is 5.50. The van der Waals surface area contributed by atoms with Gasteiger partial charge in [-0.2, -0.15) is 0 Å². The third kappa shape index (κ3) is 5.21. The molecular weight excluding hydrogens is 202 g/mol. The molecule has 16 heavy (non-hydrogen) atoms. The second-order valence-electron chi connectivity index (χ2n) is 4.85. The van der Waals surface area contributed by atoms with Crippen molar-refractivity contribution in [2.75, 3.05) is 6.61 Å². The minimum absolute atomic E-state index is 0.127. The quantitative estimate of drug-likeness (QED) is 0.583. The van der Waals surface area contributed by atoms with Crippen LogP contribution in [-0.4, -0.2) is 23.2 Å². The van der Waals surface area contributed by atoms with Crippen LogP contribution in [0.3, 0.4) is 0 Å². The molecule has 1 heterocycles. The summed E-state index contributed by atoms with van der Waals surface area (Å²) in [6.07, 6.45) is 4.41. The minimum atomic E-state index is -0.132. The average molecular weight is 223 g/mol. The highest BCUT2D eigenvalue weighted by Crippen LogP contribution is 2.09. The third-order valence-electron chi connectivity index (χ3n) is 2.18. The van der Waals surface area contributed by atoms with Gasteiger partial charge in [0.2, 0.25) is 0 Å². The Balaban J connectivity index is 2.44. The summed E-state index contributed by atoms with van der Waals surface area (Å²) >= 11 is 0. The second-order valence-corrected chi connectivity index (χ2v) is 4.85. The van der Waals surface area contributed by atoms with Gasteiger partial charge in [0.25, 0.3) is 0 Å². The standard InChI is InChI=1S/C12H21N3O/c1-12(2,3)16-9-11(15-13)8-10-4-6-14-7-5-10/h4-7,11,15H,8-9,13H2,1-3H3. The third-order valence-corrected chi connectivity index (χ3v) is 2.18. The molecular formula is C12H21N3O. The van der Waals surface area contributed by atoms with Crippen molar-refractivity contribution in [1.29, 1.82) is 0 Å². The van der Waals surface area contributed by atoms with E-state index >= 15 is 0 Å². The number of nitrogens with zero attached hydrogens (tertiary/aromatic N) is 1. The molecule has 0 aromatic carbocycles. The molecule has 0 fully saturated rings. The Bertz CT molecular complexity index is 295. The van der Waals surface area contributed by atoms with Crippen molar-refractivity contribution in [3.05, 3.63) is 30.1 Å². The van der Waals surface area contributed by atoms with Gasteiger partial charge in [-0.15, -0.1) is 0 Å². The normalized spacial score (nSPS) is 13.8. The van der Waals surface area contributed by atoms with Gasteiger partial charge >= 0.3 is 0 Å². The second kappa shape index (κ2) is 5.94. The molecule has 0 bridgehead atoms. The Morgan fingerprint density at radius 1 is 1.38 bits per heavy atom. The number of nitrogens with two attached hydrogens (primary N) is 1. The van der Waals surface area contributed by atoms with E-state index < -0.39 is 0 Å². The summed E-state index contributed by atoms with van der Waals surface area (Å²) in [4.78, 5) is 3.98. The summed E-state index contributed by atoms with van der Waals surface area (Å²) in [7, 11) is 0. The van der Waals surface area contributed by atoms with Gasteiger partial charge in [0.05, 0.1) is 12.2 Å². The first kappa shape index (κ1) is 13.1. The van der Waals surface area contributed by atoms with Crippen molar-refractivity contribution in [2.24, 2.45) is 5.84 Å². The maximum absolute atomic E-state index is 5.70. The summed E-state index contributed by atoms with van der Waals surface area (Å²) in [5, 5.41) is 0. The van der Waals surface area contributed by atoms with E-state index in [1.54, 1.807) is 12.4 Å². The highest BCUT2D eigenvalue weighted by molar-refractivity contribution is 5.11. The number of hydrogen-bond donors (Lipinski definition) is 2. The fraction of sp³-hybridized carbons (Fsp3) is 0.583. The molecule has 1 rings (SSSR count). The zero-order chi connectivity index (χ0) is 12.0. The van der Waals surface area contributed by atoms with Crippen LogP contribution >= 0.6 is 0 Å². The maximum atomic E-state index is 5.70. The van der Waals surface area contributed by atoms with Crippen LogP contribution in [0.2, 0.25) is 0 Å². The number of hydrazine groups is 1.